The van der Waals surface area contributed by atoms with Gasteiger partial charge in [0.25, 0.3) is 0 Å². The quantitative estimate of drug-likeness (QED) is 0.280. The molecule has 2 heterocycles. The topological polar surface area (TPSA) is 84.2 Å². The number of aliphatic hydroxyl groups is 1. The summed E-state index contributed by atoms with van der Waals surface area (Å²) in [5.74, 6) is 3.04. The van der Waals surface area contributed by atoms with Crippen LogP contribution in [0.1, 0.15) is 0 Å². The molecule has 2 aromatic carbocycles. The van der Waals surface area contributed by atoms with Gasteiger partial charge in [-0.2, -0.15) is 4.98 Å². The predicted octanol–water partition coefficient (Wildman–Crippen LogP) is 5.82. The summed E-state index contributed by atoms with van der Waals surface area (Å²) in [6.45, 7) is 3.45. The predicted molar refractivity (Wildman–Crippen MR) is 114 cm³/mol. The molecule has 0 fully saturated rings. The van der Waals surface area contributed by atoms with Crippen molar-refractivity contribution in [2.24, 2.45) is 0 Å². The zero-order valence-electron chi connectivity index (χ0n) is 14.9. The Morgan fingerprint density at radius 2 is 2.04 bits per heavy atom. The summed E-state index contributed by atoms with van der Waals surface area (Å²) in [4.78, 5) is 4.39. The Hall–Kier alpha value is -2.71. The largest absolute Gasteiger partial charge is 0.512 e. The summed E-state index contributed by atoms with van der Waals surface area (Å²) in [7, 11) is 1.66. The highest BCUT2D eigenvalue weighted by Gasteiger charge is 2.16. The molecular formula is C20H16BrN3O3S. The summed E-state index contributed by atoms with van der Waals surface area (Å²) in [5.41, 5.74) is 0.946. The van der Waals surface area contributed by atoms with E-state index in [1.165, 1.54) is 11.8 Å². The highest BCUT2D eigenvalue weighted by atomic mass is 79.9. The first-order valence-corrected chi connectivity index (χ1v) is 10.1. The Bertz CT molecular complexity index is 1170. The van der Waals surface area contributed by atoms with E-state index in [2.05, 4.69) is 43.8 Å². The van der Waals surface area contributed by atoms with Crippen molar-refractivity contribution in [3.05, 3.63) is 59.3 Å². The molecule has 0 radical (unpaired) electrons. The molecule has 0 aliphatic carbocycles. The highest BCUT2D eigenvalue weighted by Crippen LogP contribution is 2.37. The summed E-state index contributed by atoms with van der Waals surface area (Å²) < 4.78 is 12.1. The van der Waals surface area contributed by atoms with Gasteiger partial charge in [-0.1, -0.05) is 36.5 Å². The van der Waals surface area contributed by atoms with E-state index in [0.717, 1.165) is 26.6 Å². The number of aromatic amines is 1. The minimum Gasteiger partial charge on any atom is -0.512 e. The number of hydrogen-bond acceptors (Lipinski definition) is 6. The maximum absolute atomic E-state index is 9.20. The van der Waals surface area contributed by atoms with Crippen LogP contribution in [0.15, 0.2) is 68.8 Å². The molecule has 0 saturated carbocycles. The Labute approximate surface area is 173 Å². The van der Waals surface area contributed by atoms with E-state index in [4.69, 9.17) is 9.15 Å². The smallest absolute Gasteiger partial charge is 0.209 e. The number of fused-ring (bicyclic) bond motifs is 1. The van der Waals surface area contributed by atoms with Crippen LogP contribution in [0.3, 0.4) is 0 Å². The fourth-order valence-electron chi connectivity index (χ4n) is 2.74. The molecule has 6 nitrogen and oxygen atoms in total. The van der Waals surface area contributed by atoms with Crippen LogP contribution in [0.25, 0.3) is 33.7 Å². The number of thioether (sulfide) groups is 1. The van der Waals surface area contributed by atoms with E-state index in [1.54, 1.807) is 7.11 Å². The molecule has 4 aromatic rings. The van der Waals surface area contributed by atoms with Crippen LogP contribution in [0, 0.1) is 0 Å². The summed E-state index contributed by atoms with van der Waals surface area (Å²) in [5, 5.41) is 18.9. The summed E-state index contributed by atoms with van der Waals surface area (Å²) in [6, 6.07) is 13.9. The minimum atomic E-state index is 0.0771. The van der Waals surface area contributed by atoms with Crippen molar-refractivity contribution < 1.29 is 14.3 Å². The van der Waals surface area contributed by atoms with Crippen LogP contribution >= 0.6 is 27.7 Å². The lowest BCUT2D eigenvalue weighted by molar-refractivity contribution is 0.415. The number of nitrogens with one attached hydrogen (secondary N) is 1. The third-order valence-corrected chi connectivity index (χ3v) is 5.57. The number of halogens is 1. The first-order chi connectivity index (χ1) is 13.5. The molecule has 0 aliphatic heterocycles. The maximum atomic E-state index is 9.20. The average Bonchev–Trinajstić information content (AvgIpc) is 3.32. The van der Waals surface area contributed by atoms with Gasteiger partial charge in [-0.15, -0.1) is 5.10 Å². The van der Waals surface area contributed by atoms with Crippen molar-refractivity contribution in [2.75, 3.05) is 12.9 Å². The van der Waals surface area contributed by atoms with E-state index < -0.39 is 0 Å². The van der Waals surface area contributed by atoms with Crippen molar-refractivity contribution in [3.8, 4) is 28.7 Å². The molecule has 142 valence electrons. The lowest BCUT2D eigenvalue weighted by atomic mass is 10.1. The molecule has 8 heteroatoms. The molecule has 0 unspecified atom stereocenters. The van der Waals surface area contributed by atoms with Gasteiger partial charge in [-0.05, 0) is 44.9 Å². The number of furan rings is 1. The second-order valence-corrected chi connectivity index (χ2v) is 7.83. The highest BCUT2D eigenvalue weighted by molar-refractivity contribution is 9.10. The van der Waals surface area contributed by atoms with Crippen LogP contribution in [-0.2, 0) is 0 Å². The molecule has 2 N–H and O–H groups in total. The fraction of sp³-hybridized carbons (Fsp3) is 0.100. The van der Waals surface area contributed by atoms with Gasteiger partial charge in [0.1, 0.15) is 11.5 Å². The van der Waals surface area contributed by atoms with Crippen molar-refractivity contribution in [1.82, 2.24) is 15.2 Å². The second-order valence-electron chi connectivity index (χ2n) is 6.04. The number of methoxy groups -OCH3 is 1. The number of nitrogens with zero attached hydrogens (tertiary/aromatic N) is 2. The monoisotopic (exact) mass is 457 g/mol. The number of aliphatic hydroxyl groups excluding tert-OH is 1. The number of ether oxygens (including phenoxy) is 1. The molecule has 0 amide bonds. The Kier molecular flexibility index (Phi) is 5.15. The van der Waals surface area contributed by atoms with Crippen LogP contribution in [-0.4, -0.2) is 33.2 Å². The Morgan fingerprint density at radius 3 is 2.82 bits per heavy atom. The van der Waals surface area contributed by atoms with Gasteiger partial charge < -0.3 is 14.3 Å². The van der Waals surface area contributed by atoms with Crippen molar-refractivity contribution in [2.45, 2.75) is 5.16 Å². The number of H-pyrrole nitrogens is 1. The number of hydrogen-bond donors (Lipinski definition) is 2. The van der Waals surface area contributed by atoms with Gasteiger partial charge >= 0.3 is 0 Å². The van der Waals surface area contributed by atoms with E-state index >= 15 is 0 Å². The molecule has 2 aromatic heterocycles. The first kappa shape index (κ1) is 18.6. The van der Waals surface area contributed by atoms with Crippen molar-refractivity contribution in [3.63, 3.8) is 0 Å². The zero-order chi connectivity index (χ0) is 19.7. The molecule has 4 rings (SSSR count). The summed E-state index contributed by atoms with van der Waals surface area (Å²) >= 11 is 4.86. The maximum Gasteiger partial charge on any atom is 0.209 e. The van der Waals surface area contributed by atoms with Crippen molar-refractivity contribution in [1.29, 1.82) is 0 Å². The lowest BCUT2D eigenvalue weighted by Crippen LogP contribution is -1.83. The van der Waals surface area contributed by atoms with Gasteiger partial charge in [-0.3, -0.25) is 5.10 Å². The minimum absolute atomic E-state index is 0.0771. The van der Waals surface area contributed by atoms with Gasteiger partial charge in [0.15, 0.2) is 11.6 Å². The van der Waals surface area contributed by atoms with Gasteiger partial charge in [0, 0.05) is 11.6 Å². The Morgan fingerprint density at radius 1 is 1.25 bits per heavy atom. The lowest BCUT2D eigenvalue weighted by Gasteiger charge is -2.05. The van der Waals surface area contributed by atoms with Crippen LogP contribution in [0.2, 0.25) is 0 Å². The third kappa shape index (κ3) is 3.79. The average molecular weight is 458 g/mol. The molecule has 0 atom stereocenters. The Balaban J connectivity index is 1.64. The number of rotatable bonds is 6. The molecule has 0 saturated heterocycles. The van der Waals surface area contributed by atoms with Gasteiger partial charge in [0.2, 0.25) is 5.16 Å². The third-order valence-electron chi connectivity index (χ3n) is 4.06. The van der Waals surface area contributed by atoms with E-state index in [1.807, 2.05) is 36.4 Å². The standard InChI is InChI=1S/C20H16BrN3O3S/c1-11(25)10-28-20-22-19(23-24-20)17-9-16(21)18(27-17)14-4-3-13-8-15(26-2)6-5-12(13)7-14/h3-9,25H,1,10H2,2H3,(H,22,23,24). The second kappa shape index (κ2) is 7.73. The van der Waals surface area contributed by atoms with Crippen LogP contribution in [0.5, 0.6) is 5.75 Å². The molecule has 0 bridgehead atoms. The molecule has 0 aliphatic rings. The number of aromatic nitrogens is 3. The van der Waals surface area contributed by atoms with Crippen LogP contribution in [0.4, 0.5) is 0 Å². The fourth-order valence-corrected chi connectivity index (χ4v) is 3.82. The van der Waals surface area contributed by atoms with E-state index in [0.29, 0.717) is 28.3 Å². The van der Waals surface area contributed by atoms with Crippen molar-refractivity contribution >= 4 is 38.5 Å². The molecule has 28 heavy (non-hydrogen) atoms. The van der Waals surface area contributed by atoms with Gasteiger partial charge in [-0.25, -0.2) is 0 Å². The zero-order valence-corrected chi connectivity index (χ0v) is 17.3. The summed E-state index contributed by atoms with van der Waals surface area (Å²) in [6.07, 6.45) is 0. The number of benzene rings is 2. The molecular weight excluding hydrogens is 442 g/mol. The van der Waals surface area contributed by atoms with Gasteiger partial charge in [0.05, 0.1) is 23.1 Å². The SMILES string of the molecule is C=C(O)CSc1n[nH]c(-c2cc(Br)c(-c3ccc4cc(OC)ccc4c3)o2)n1. The normalized spacial score (nSPS) is 11.1. The molecule has 0 spiro atoms. The van der Waals surface area contributed by atoms with E-state index in [9.17, 15) is 5.11 Å². The van der Waals surface area contributed by atoms with Crippen LogP contribution < -0.4 is 4.74 Å². The van der Waals surface area contributed by atoms with E-state index in [-0.39, 0.29) is 5.76 Å². The first-order valence-electron chi connectivity index (χ1n) is 8.33.